The number of aliphatic hydroxyl groups excluding tert-OH is 2. The second-order valence-electron chi connectivity index (χ2n) is 6.15. The number of hydrogen-bond donors (Lipinski definition) is 2. The fourth-order valence-corrected chi connectivity index (χ4v) is 3.66. The first-order chi connectivity index (χ1) is 11.8. The van der Waals surface area contributed by atoms with Crippen molar-refractivity contribution in [3.05, 3.63) is 52.7 Å². The van der Waals surface area contributed by atoms with E-state index in [0.29, 0.717) is 0 Å². The SMILES string of the molecule is OCc1cc2cnc3c(c2cc1CO)Cc1cc2c(cc1-3)OCO2. The van der Waals surface area contributed by atoms with Crippen LogP contribution in [-0.2, 0) is 19.6 Å². The lowest BCUT2D eigenvalue weighted by molar-refractivity contribution is 0.174. The van der Waals surface area contributed by atoms with E-state index in [0.717, 1.165) is 56.6 Å². The predicted octanol–water partition coefficient (Wildman–Crippen LogP) is 2.52. The number of ether oxygens (including phenoxy) is 2. The molecule has 3 aromatic rings. The number of hydrogen-bond acceptors (Lipinski definition) is 5. The van der Waals surface area contributed by atoms with Crippen LogP contribution in [0.5, 0.6) is 11.5 Å². The molecule has 1 aliphatic heterocycles. The highest BCUT2D eigenvalue weighted by Crippen LogP contribution is 2.45. The Balaban J connectivity index is 1.75. The second kappa shape index (κ2) is 4.93. The monoisotopic (exact) mass is 321 g/mol. The van der Waals surface area contributed by atoms with E-state index in [1.165, 1.54) is 5.56 Å². The number of benzene rings is 2. The van der Waals surface area contributed by atoms with Crippen molar-refractivity contribution < 1.29 is 19.7 Å². The van der Waals surface area contributed by atoms with Crippen LogP contribution >= 0.6 is 0 Å². The molecule has 5 heteroatoms. The fraction of sp³-hybridized carbons (Fsp3) is 0.211. The van der Waals surface area contributed by atoms with Crippen LogP contribution in [0.4, 0.5) is 0 Å². The summed E-state index contributed by atoms with van der Waals surface area (Å²) in [5.74, 6) is 1.54. The summed E-state index contributed by atoms with van der Waals surface area (Å²) >= 11 is 0. The van der Waals surface area contributed by atoms with Crippen LogP contribution in [0, 0.1) is 0 Å². The van der Waals surface area contributed by atoms with E-state index in [1.54, 1.807) is 0 Å². The Morgan fingerprint density at radius 2 is 1.71 bits per heavy atom. The number of aliphatic hydroxyl groups is 2. The largest absolute Gasteiger partial charge is 0.454 e. The van der Waals surface area contributed by atoms with Gasteiger partial charge in [-0.3, -0.25) is 4.98 Å². The highest BCUT2D eigenvalue weighted by Gasteiger charge is 2.26. The third-order valence-corrected chi connectivity index (χ3v) is 4.88. The Morgan fingerprint density at radius 3 is 2.50 bits per heavy atom. The van der Waals surface area contributed by atoms with Gasteiger partial charge >= 0.3 is 0 Å². The zero-order valence-electron chi connectivity index (χ0n) is 12.9. The molecule has 2 N–H and O–H groups in total. The zero-order valence-corrected chi connectivity index (χ0v) is 12.9. The molecule has 0 unspecified atom stereocenters. The molecule has 1 aromatic heterocycles. The molecule has 2 aliphatic rings. The van der Waals surface area contributed by atoms with Crippen LogP contribution in [0.2, 0.25) is 0 Å². The molecule has 0 atom stereocenters. The first-order valence-corrected chi connectivity index (χ1v) is 7.86. The molecule has 120 valence electrons. The van der Waals surface area contributed by atoms with Crippen molar-refractivity contribution >= 4 is 10.8 Å². The minimum Gasteiger partial charge on any atom is -0.454 e. The van der Waals surface area contributed by atoms with E-state index in [4.69, 9.17) is 9.47 Å². The van der Waals surface area contributed by atoms with Gasteiger partial charge in [-0.15, -0.1) is 0 Å². The van der Waals surface area contributed by atoms with Gasteiger partial charge in [-0.1, -0.05) is 0 Å². The van der Waals surface area contributed by atoms with Crippen LogP contribution in [-0.4, -0.2) is 22.0 Å². The molecule has 0 bridgehead atoms. The van der Waals surface area contributed by atoms with Crippen LogP contribution in [0.25, 0.3) is 22.0 Å². The lowest BCUT2D eigenvalue weighted by Crippen LogP contribution is -1.97. The molecular weight excluding hydrogens is 306 g/mol. The third kappa shape index (κ3) is 1.79. The van der Waals surface area contributed by atoms with Crippen molar-refractivity contribution in [2.24, 2.45) is 0 Å². The van der Waals surface area contributed by atoms with Gasteiger partial charge in [-0.05, 0) is 51.9 Å². The third-order valence-electron chi connectivity index (χ3n) is 4.88. The smallest absolute Gasteiger partial charge is 0.231 e. The molecule has 0 amide bonds. The Labute approximate surface area is 138 Å². The van der Waals surface area contributed by atoms with Crippen molar-refractivity contribution in [2.75, 3.05) is 6.79 Å². The Morgan fingerprint density at radius 1 is 0.958 bits per heavy atom. The minimum absolute atomic E-state index is 0.0914. The number of rotatable bonds is 2. The summed E-state index contributed by atoms with van der Waals surface area (Å²) in [6.07, 6.45) is 2.60. The van der Waals surface area contributed by atoms with Gasteiger partial charge in [0, 0.05) is 23.6 Å². The number of fused-ring (bicyclic) bond motifs is 6. The molecule has 0 fully saturated rings. The van der Waals surface area contributed by atoms with Crippen molar-refractivity contribution in [3.8, 4) is 22.8 Å². The molecule has 0 radical (unpaired) electrons. The maximum Gasteiger partial charge on any atom is 0.231 e. The number of aromatic nitrogens is 1. The van der Waals surface area contributed by atoms with Gasteiger partial charge in [0.15, 0.2) is 11.5 Å². The first kappa shape index (κ1) is 13.8. The summed E-state index contributed by atoms with van der Waals surface area (Å²) in [5, 5.41) is 21.1. The first-order valence-electron chi connectivity index (χ1n) is 7.86. The highest BCUT2D eigenvalue weighted by atomic mass is 16.7. The van der Waals surface area contributed by atoms with E-state index in [2.05, 4.69) is 4.98 Å². The quantitative estimate of drug-likeness (QED) is 0.593. The molecule has 0 saturated heterocycles. The van der Waals surface area contributed by atoms with Crippen molar-refractivity contribution in [2.45, 2.75) is 19.6 Å². The number of pyridine rings is 1. The van der Waals surface area contributed by atoms with Crippen LogP contribution in [0.3, 0.4) is 0 Å². The van der Waals surface area contributed by atoms with E-state index in [9.17, 15) is 10.2 Å². The standard InChI is InChI=1S/C19H15NO4/c21-7-12-1-11-6-20-19-15-5-18-17(23-9-24-18)4-10(15)2-16(19)14(11)3-13(12)8-22/h1,3-6,21-22H,2,7-9H2. The molecule has 5 rings (SSSR count). The van der Waals surface area contributed by atoms with Gasteiger partial charge in [0.1, 0.15) is 0 Å². The lowest BCUT2D eigenvalue weighted by Gasteiger charge is -2.10. The van der Waals surface area contributed by atoms with E-state index < -0.39 is 0 Å². The summed E-state index contributed by atoms with van der Waals surface area (Å²) in [7, 11) is 0. The Bertz CT molecular complexity index is 997. The molecule has 0 spiro atoms. The molecule has 24 heavy (non-hydrogen) atoms. The van der Waals surface area contributed by atoms with Gasteiger partial charge in [0.05, 0.1) is 18.9 Å². The maximum atomic E-state index is 9.58. The normalized spacial score (nSPS) is 14.1. The van der Waals surface area contributed by atoms with Gasteiger partial charge in [-0.2, -0.15) is 0 Å². The predicted molar refractivity (Wildman–Crippen MR) is 88.0 cm³/mol. The summed E-state index contributed by atoms with van der Waals surface area (Å²) in [6, 6.07) is 7.90. The fourth-order valence-electron chi connectivity index (χ4n) is 3.66. The van der Waals surface area contributed by atoms with Crippen molar-refractivity contribution in [1.29, 1.82) is 0 Å². The maximum absolute atomic E-state index is 9.58. The summed E-state index contributed by atoms with van der Waals surface area (Å²) in [4.78, 5) is 4.64. The second-order valence-corrected chi connectivity index (χ2v) is 6.15. The van der Waals surface area contributed by atoms with Crippen LogP contribution in [0.1, 0.15) is 22.3 Å². The van der Waals surface area contributed by atoms with E-state index in [-0.39, 0.29) is 20.0 Å². The van der Waals surface area contributed by atoms with Gasteiger partial charge in [0.25, 0.3) is 0 Å². The highest BCUT2D eigenvalue weighted by molar-refractivity contribution is 5.94. The summed E-state index contributed by atoms with van der Waals surface area (Å²) in [5.41, 5.74) is 5.84. The summed E-state index contributed by atoms with van der Waals surface area (Å²) in [6.45, 7) is 0.0798. The molecule has 0 saturated carbocycles. The average molecular weight is 321 g/mol. The molecule has 2 heterocycles. The summed E-state index contributed by atoms with van der Waals surface area (Å²) < 4.78 is 11.0. The van der Waals surface area contributed by atoms with E-state index in [1.807, 2.05) is 30.5 Å². The zero-order chi connectivity index (χ0) is 16.3. The lowest BCUT2D eigenvalue weighted by atomic mass is 9.98. The van der Waals surface area contributed by atoms with Crippen molar-refractivity contribution in [3.63, 3.8) is 0 Å². The molecular formula is C19H15NO4. The average Bonchev–Trinajstić information content (AvgIpc) is 3.21. The van der Waals surface area contributed by atoms with Gasteiger partial charge in [-0.25, -0.2) is 0 Å². The van der Waals surface area contributed by atoms with Crippen LogP contribution in [0.15, 0.2) is 30.5 Å². The van der Waals surface area contributed by atoms with Gasteiger partial charge < -0.3 is 19.7 Å². The van der Waals surface area contributed by atoms with Gasteiger partial charge in [0.2, 0.25) is 6.79 Å². The van der Waals surface area contributed by atoms with Crippen LogP contribution < -0.4 is 9.47 Å². The molecule has 1 aliphatic carbocycles. The van der Waals surface area contributed by atoms with E-state index >= 15 is 0 Å². The Kier molecular flexibility index (Phi) is 2.83. The molecule has 5 nitrogen and oxygen atoms in total. The Hall–Kier alpha value is -2.63. The number of nitrogens with zero attached hydrogens (tertiary/aromatic N) is 1. The molecule has 2 aromatic carbocycles. The minimum atomic E-state index is -0.0927. The topological polar surface area (TPSA) is 71.8 Å². The van der Waals surface area contributed by atoms with Crippen molar-refractivity contribution in [1.82, 2.24) is 4.98 Å².